The zero-order chi connectivity index (χ0) is 25.1. The lowest BCUT2D eigenvalue weighted by Crippen LogP contribution is -2.54. The molecule has 1 saturated carbocycles. The molecular weight excluding hydrogens is 436 g/mol. The molecule has 1 aliphatic rings. The Hall–Kier alpha value is -2.33. The lowest BCUT2D eigenvalue weighted by molar-refractivity contribution is -0.134. The van der Waals surface area contributed by atoms with Gasteiger partial charge >= 0.3 is 5.97 Å². The number of likely N-dealkylation sites (N-methyl/N-ethyl adjacent to an activating group) is 1. The van der Waals surface area contributed by atoms with Crippen molar-refractivity contribution in [3.63, 3.8) is 0 Å². The second-order valence-corrected chi connectivity index (χ2v) is 11.8. The minimum atomic E-state index is -1.12. The number of amides is 2. The molecule has 1 aromatic heterocycles. The van der Waals surface area contributed by atoms with Crippen LogP contribution in [0.5, 0.6) is 0 Å². The van der Waals surface area contributed by atoms with Crippen molar-refractivity contribution in [2.45, 2.75) is 73.3 Å². The van der Waals surface area contributed by atoms with Crippen LogP contribution >= 0.6 is 11.3 Å². The molecule has 0 unspecified atom stereocenters. The van der Waals surface area contributed by atoms with Crippen molar-refractivity contribution in [3.05, 3.63) is 15.8 Å². The molecule has 0 aromatic carbocycles. The Kier molecular flexibility index (Phi) is 8.75. The first kappa shape index (κ1) is 26.9. The molecule has 2 rings (SSSR count). The molecule has 0 spiro atoms. The highest BCUT2D eigenvalue weighted by atomic mass is 32.1. The standard InChI is InChI=1S/C26H38N2O4S/c1-16(2)21(24(30)27(7)8)28(23(29)18-11-9-17(3)10-12-18)20-15-19(13-14-26(4,5)6)33-22(20)25(31)32/h15-18,21H,9-12H2,1-8H3,(H,31,32)/t17-,18-,21-/m1/s1. The van der Waals surface area contributed by atoms with Gasteiger partial charge in [-0.3, -0.25) is 14.5 Å². The quantitative estimate of drug-likeness (QED) is 0.581. The number of aromatic carboxylic acids is 1. The van der Waals surface area contributed by atoms with Crippen LogP contribution in [0.2, 0.25) is 0 Å². The maximum atomic E-state index is 13.9. The van der Waals surface area contributed by atoms with E-state index in [1.807, 2.05) is 34.6 Å². The van der Waals surface area contributed by atoms with Crippen molar-refractivity contribution in [2.24, 2.45) is 23.2 Å². The van der Waals surface area contributed by atoms with Crippen LogP contribution in [0.25, 0.3) is 0 Å². The van der Waals surface area contributed by atoms with E-state index in [1.165, 1.54) is 9.80 Å². The van der Waals surface area contributed by atoms with Crippen molar-refractivity contribution < 1.29 is 19.5 Å². The van der Waals surface area contributed by atoms with E-state index in [4.69, 9.17) is 0 Å². The highest BCUT2D eigenvalue weighted by Crippen LogP contribution is 2.37. The number of carboxylic acids is 1. The van der Waals surface area contributed by atoms with Crippen molar-refractivity contribution in [1.82, 2.24) is 4.90 Å². The lowest BCUT2D eigenvalue weighted by Gasteiger charge is -2.38. The summed E-state index contributed by atoms with van der Waals surface area (Å²) in [5, 5.41) is 9.98. The Bertz CT molecular complexity index is 938. The van der Waals surface area contributed by atoms with Gasteiger partial charge in [0.15, 0.2) is 0 Å². The fraction of sp³-hybridized carbons (Fsp3) is 0.654. The minimum absolute atomic E-state index is 0.0444. The molecule has 1 aromatic rings. The SMILES string of the molecule is CC(C)[C@H](C(=O)N(C)C)N(c1cc(C#CC(C)(C)C)sc1C(=O)O)C(=O)[C@H]1CC[C@H](C)CC1. The van der Waals surface area contributed by atoms with Gasteiger partial charge in [-0.2, -0.15) is 0 Å². The molecule has 0 saturated heterocycles. The molecule has 33 heavy (non-hydrogen) atoms. The molecular formula is C26H38N2O4S. The predicted octanol–water partition coefficient (Wildman–Crippen LogP) is 5.12. The molecule has 0 bridgehead atoms. The number of carbonyl (C=O) groups excluding carboxylic acids is 2. The van der Waals surface area contributed by atoms with Gasteiger partial charge in [-0.1, -0.05) is 32.6 Å². The number of carbonyl (C=O) groups is 3. The number of carboxylic acid groups (broad SMARTS) is 1. The Morgan fingerprint density at radius 3 is 2.15 bits per heavy atom. The third-order valence-electron chi connectivity index (χ3n) is 5.93. The van der Waals surface area contributed by atoms with Crippen LogP contribution in [-0.4, -0.2) is 47.9 Å². The molecule has 1 fully saturated rings. The topological polar surface area (TPSA) is 77.9 Å². The summed E-state index contributed by atoms with van der Waals surface area (Å²) in [6, 6.07) is 0.886. The van der Waals surface area contributed by atoms with Crippen LogP contribution in [0.3, 0.4) is 0 Å². The summed E-state index contributed by atoms with van der Waals surface area (Å²) in [5.74, 6) is 4.87. The highest BCUT2D eigenvalue weighted by Gasteiger charge is 2.40. The van der Waals surface area contributed by atoms with E-state index in [0.29, 0.717) is 10.8 Å². The van der Waals surface area contributed by atoms with E-state index in [-0.39, 0.29) is 39.6 Å². The van der Waals surface area contributed by atoms with Crippen molar-refractivity contribution in [1.29, 1.82) is 0 Å². The fourth-order valence-corrected chi connectivity index (χ4v) is 4.93. The van der Waals surface area contributed by atoms with Crippen LogP contribution in [0.4, 0.5) is 5.69 Å². The van der Waals surface area contributed by atoms with Crippen LogP contribution < -0.4 is 4.90 Å². The summed E-state index contributed by atoms with van der Waals surface area (Å²) >= 11 is 1.06. The lowest BCUT2D eigenvalue weighted by atomic mass is 9.81. The van der Waals surface area contributed by atoms with Gasteiger partial charge in [0.05, 0.1) is 10.6 Å². The summed E-state index contributed by atoms with van der Waals surface area (Å²) in [4.78, 5) is 42.9. The number of nitrogens with zero attached hydrogens (tertiary/aromatic N) is 2. The molecule has 7 heteroatoms. The molecule has 0 radical (unpaired) electrons. The number of rotatable bonds is 6. The van der Waals surface area contributed by atoms with E-state index in [9.17, 15) is 19.5 Å². The predicted molar refractivity (Wildman–Crippen MR) is 134 cm³/mol. The molecule has 1 atom stereocenters. The highest BCUT2D eigenvalue weighted by molar-refractivity contribution is 7.15. The molecule has 1 heterocycles. The van der Waals surface area contributed by atoms with Crippen molar-refractivity contribution >= 4 is 34.8 Å². The van der Waals surface area contributed by atoms with Gasteiger partial charge in [0.1, 0.15) is 10.9 Å². The van der Waals surface area contributed by atoms with Gasteiger partial charge in [0, 0.05) is 25.4 Å². The number of hydrogen-bond acceptors (Lipinski definition) is 4. The van der Waals surface area contributed by atoms with Crippen LogP contribution in [0, 0.1) is 35.0 Å². The van der Waals surface area contributed by atoms with E-state index in [1.54, 1.807) is 20.2 Å². The zero-order valence-electron chi connectivity index (χ0n) is 21.2. The second kappa shape index (κ2) is 10.7. The molecule has 1 N–H and O–H groups in total. The van der Waals surface area contributed by atoms with Crippen LogP contribution in [0.15, 0.2) is 6.07 Å². The van der Waals surface area contributed by atoms with E-state index in [0.717, 1.165) is 37.0 Å². The number of anilines is 1. The van der Waals surface area contributed by atoms with Crippen LogP contribution in [-0.2, 0) is 9.59 Å². The normalized spacial score (nSPS) is 19.4. The van der Waals surface area contributed by atoms with Gasteiger partial charge in [-0.05, 0) is 64.4 Å². The average Bonchev–Trinajstić information content (AvgIpc) is 3.13. The Morgan fingerprint density at radius 2 is 1.70 bits per heavy atom. The molecule has 1 aliphatic carbocycles. The fourth-order valence-electron chi connectivity index (χ4n) is 4.09. The smallest absolute Gasteiger partial charge is 0.348 e. The summed E-state index contributed by atoms with van der Waals surface area (Å²) < 4.78 is 0. The van der Waals surface area contributed by atoms with Crippen molar-refractivity contribution in [3.8, 4) is 11.8 Å². The van der Waals surface area contributed by atoms with Crippen molar-refractivity contribution in [2.75, 3.05) is 19.0 Å². The average molecular weight is 475 g/mol. The second-order valence-electron chi connectivity index (χ2n) is 10.7. The van der Waals surface area contributed by atoms with Gasteiger partial charge in [-0.15, -0.1) is 11.3 Å². The van der Waals surface area contributed by atoms with Gasteiger partial charge in [-0.25, -0.2) is 4.79 Å². The Balaban J connectivity index is 2.66. The Labute approximate surface area is 202 Å². The molecule has 0 aliphatic heterocycles. The van der Waals surface area contributed by atoms with Gasteiger partial charge < -0.3 is 10.0 Å². The largest absolute Gasteiger partial charge is 0.477 e. The first-order valence-corrected chi connectivity index (χ1v) is 12.5. The summed E-state index contributed by atoms with van der Waals surface area (Å²) in [6.07, 6.45) is 3.41. The maximum absolute atomic E-state index is 13.9. The number of hydrogen-bond donors (Lipinski definition) is 1. The first-order valence-electron chi connectivity index (χ1n) is 11.7. The minimum Gasteiger partial charge on any atom is -0.477 e. The first-order chi connectivity index (χ1) is 15.2. The number of thiophene rings is 1. The van der Waals surface area contributed by atoms with Gasteiger partial charge in [0.25, 0.3) is 0 Å². The third kappa shape index (κ3) is 6.83. The van der Waals surface area contributed by atoms with E-state index >= 15 is 0 Å². The van der Waals surface area contributed by atoms with E-state index in [2.05, 4.69) is 18.8 Å². The van der Waals surface area contributed by atoms with Gasteiger partial charge in [0.2, 0.25) is 11.8 Å². The summed E-state index contributed by atoms with van der Waals surface area (Å²) in [6.45, 7) is 11.9. The third-order valence-corrected chi connectivity index (χ3v) is 6.96. The monoisotopic (exact) mass is 474 g/mol. The van der Waals surface area contributed by atoms with E-state index < -0.39 is 12.0 Å². The van der Waals surface area contributed by atoms with Crippen LogP contribution in [0.1, 0.15) is 81.8 Å². The molecule has 182 valence electrons. The molecule has 2 amide bonds. The summed E-state index contributed by atoms with van der Waals surface area (Å²) in [7, 11) is 3.32. The molecule has 6 nitrogen and oxygen atoms in total. The Morgan fingerprint density at radius 1 is 1.12 bits per heavy atom. The maximum Gasteiger partial charge on any atom is 0.348 e. The zero-order valence-corrected chi connectivity index (χ0v) is 22.0. The summed E-state index contributed by atoms with van der Waals surface area (Å²) in [5.41, 5.74) is 0.0339.